The smallest absolute Gasteiger partial charge is 0.318 e. The molecule has 1 aromatic rings. The molecule has 7 heteroatoms. The number of aliphatic carboxylic acids is 1. The van der Waals surface area contributed by atoms with Gasteiger partial charge in [0.05, 0.1) is 25.3 Å². The van der Waals surface area contributed by atoms with Gasteiger partial charge in [-0.1, -0.05) is 50.6 Å². The number of benzene rings is 1. The van der Waals surface area contributed by atoms with Gasteiger partial charge >= 0.3 is 12.0 Å². The number of morpholine rings is 1. The van der Waals surface area contributed by atoms with E-state index in [1.165, 1.54) is 0 Å². The average molecular weight is 392 g/mol. The number of hydrogen-bond acceptors (Lipinski definition) is 4. The SMILES string of the molecule is Cc1cccc(C(NC(=O)N2CCOC(CN(C)CC(=O)O)C2)C(C)(C)C)c1. The van der Waals surface area contributed by atoms with E-state index in [9.17, 15) is 9.59 Å². The molecule has 0 aromatic heterocycles. The Morgan fingerprint density at radius 2 is 2.11 bits per heavy atom. The number of rotatable bonds is 6. The van der Waals surface area contributed by atoms with Crippen molar-refractivity contribution in [3.8, 4) is 0 Å². The summed E-state index contributed by atoms with van der Waals surface area (Å²) in [6.07, 6.45) is -0.198. The number of nitrogens with one attached hydrogen (secondary N) is 1. The van der Waals surface area contributed by atoms with Crippen LogP contribution in [0.4, 0.5) is 4.79 Å². The maximum Gasteiger partial charge on any atom is 0.318 e. The molecule has 28 heavy (non-hydrogen) atoms. The number of hydrogen-bond donors (Lipinski definition) is 2. The monoisotopic (exact) mass is 391 g/mol. The van der Waals surface area contributed by atoms with E-state index in [2.05, 4.69) is 32.2 Å². The fourth-order valence-corrected chi connectivity index (χ4v) is 3.52. The fraction of sp³-hybridized carbons (Fsp3) is 0.619. The van der Waals surface area contributed by atoms with Gasteiger partial charge in [-0.05, 0) is 24.9 Å². The Kier molecular flexibility index (Phi) is 7.43. The van der Waals surface area contributed by atoms with E-state index in [1.54, 1.807) is 16.8 Å². The summed E-state index contributed by atoms with van der Waals surface area (Å²) in [5.74, 6) is -0.876. The molecule has 1 heterocycles. The van der Waals surface area contributed by atoms with Gasteiger partial charge in [0.25, 0.3) is 0 Å². The summed E-state index contributed by atoms with van der Waals surface area (Å²) in [5, 5.41) is 12.1. The normalized spacial score (nSPS) is 18.8. The van der Waals surface area contributed by atoms with E-state index < -0.39 is 5.97 Å². The number of nitrogens with zero attached hydrogens (tertiary/aromatic N) is 2. The number of carbonyl (C=O) groups excluding carboxylic acids is 1. The lowest BCUT2D eigenvalue weighted by atomic mass is 9.82. The highest BCUT2D eigenvalue weighted by Crippen LogP contribution is 2.33. The summed E-state index contributed by atoms with van der Waals surface area (Å²) < 4.78 is 5.73. The van der Waals surface area contributed by atoms with Crippen LogP contribution in [0.1, 0.15) is 37.9 Å². The molecule has 1 fully saturated rings. The summed E-state index contributed by atoms with van der Waals surface area (Å²) in [6, 6.07) is 7.99. The number of carbonyl (C=O) groups is 2. The zero-order valence-corrected chi connectivity index (χ0v) is 17.6. The van der Waals surface area contributed by atoms with Crippen LogP contribution in [-0.4, -0.2) is 72.8 Å². The van der Waals surface area contributed by atoms with Gasteiger partial charge < -0.3 is 20.1 Å². The highest BCUT2D eigenvalue weighted by atomic mass is 16.5. The molecule has 2 N–H and O–H groups in total. The molecule has 7 nitrogen and oxygen atoms in total. The Balaban J connectivity index is 2.03. The zero-order valence-electron chi connectivity index (χ0n) is 17.6. The van der Waals surface area contributed by atoms with Gasteiger partial charge in [0.15, 0.2) is 0 Å². The maximum absolute atomic E-state index is 13.0. The Morgan fingerprint density at radius 1 is 1.39 bits per heavy atom. The van der Waals surface area contributed by atoms with Crippen LogP contribution >= 0.6 is 0 Å². The van der Waals surface area contributed by atoms with E-state index in [0.717, 1.165) is 11.1 Å². The van der Waals surface area contributed by atoms with Gasteiger partial charge in [0, 0.05) is 19.6 Å². The number of aryl methyl sites for hydroxylation is 1. The lowest BCUT2D eigenvalue weighted by Crippen LogP contribution is -2.53. The number of urea groups is 1. The third kappa shape index (κ3) is 6.49. The van der Waals surface area contributed by atoms with Crippen molar-refractivity contribution in [3.05, 3.63) is 35.4 Å². The quantitative estimate of drug-likeness (QED) is 0.779. The van der Waals surface area contributed by atoms with E-state index in [0.29, 0.717) is 26.2 Å². The van der Waals surface area contributed by atoms with E-state index in [4.69, 9.17) is 9.84 Å². The van der Waals surface area contributed by atoms with E-state index >= 15 is 0 Å². The average Bonchev–Trinajstić information content (AvgIpc) is 2.57. The Morgan fingerprint density at radius 3 is 2.71 bits per heavy atom. The topological polar surface area (TPSA) is 82.1 Å². The van der Waals surface area contributed by atoms with Crippen LogP contribution in [0.2, 0.25) is 0 Å². The van der Waals surface area contributed by atoms with Crippen molar-refractivity contribution >= 4 is 12.0 Å². The molecular weight excluding hydrogens is 358 g/mol. The maximum atomic E-state index is 13.0. The first-order valence-electron chi connectivity index (χ1n) is 9.70. The van der Waals surface area contributed by atoms with E-state index in [1.807, 2.05) is 25.1 Å². The summed E-state index contributed by atoms with van der Waals surface area (Å²) in [4.78, 5) is 27.3. The molecule has 1 aliphatic heterocycles. The molecule has 2 unspecified atom stereocenters. The number of ether oxygens (including phenoxy) is 1. The second kappa shape index (κ2) is 9.39. The Bertz CT molecular complexity index is 686. The van der Waals surface area contributed by atoms with Crippen LogP contribution in [0.3, 0.4) is 0 Å². The first-order valence-corrected chi connectivity index (χ1v) is 9.70. The third-order valence-corrected chi connectivity index (χ3v) is 4.86. The van der Waals surface area contributed by atoms with Crippen molar-refractivity contribution in [2.75, 3.05) is 39.8 Å². The largest absolute Gasteiger partial charge is 0.480 e. The molecule has 156 valence electrons. The highest BCUT2D eigenvalue weighted by molar-refractivity contribution is 5.75. The molecular formula is C21H33N3O4. The van der Waals surface area contributed by atoms with Gasteiger partial charge in [0.2, 0.25) is 0 Å². The van der Waals surface area contributed by atoms with Gasteiger partial charge in [-0.3, -0.25) is 9.69 Å². The summed E-state index contributed by atoms with van der Waals surface area (Å²) in [7, 11) is 1.74. The molecule has 0 saturated carbocycles. The van der Waals surface area contributed by atoms with Crippen molar-refractivity contribution in [3.63, 3.8) is 0 Å². The number of carboxylic acids is 1. The lowest BCUT2D eigenvalue weighted by Gasteiger charge is -2.38. The summed E-state index contributed by atoms with van der Waals surface area (Å²) >= 11 is 0. The summed E-state index contributed by atoms with van der Waals surface area (Å²) in [5.41, 5.74) is 2.11. The van der Waals surface area contributed by atoms with Gasteiger partial charge in [0.1, 0.15) is 0 Å². The molecule has 2 atom stereocenters. The molecule has 1 aliphatic rings. The second-order valence-corrected chi connectivity index (χ2v) is 8.69. The molecule has 2 amide bonds. The second-order valence-electron chi connectivity index (χ2n) is 8.69. The van der Waals surface area contributed by atoms with Crippen molar-refractivity contribution in [2.45, 2.75) is 39.8 Å². The lowest BCUT2D eigenvalue weighted by molar-refractivity contribution is -0.138. The van der Waals surface area contributed by atoms with Crippen molar-refractivity contribution in [1.82, 2.24) is 15.1 Å². The van der Waals surface area contributed by atoms with Gasteiger partial charge in [-0.15, -0.1) is 0 Å². The number of amides is 2. The minimum absolute atomic E-state index is 0.0501. The predicted molar refractivity (Wildman–Crippen MR) is 108 cm³/mol. The van der Waals surface area contributed by atoms with Crippen LogP contribution in [0, 0.1) is 12.3 Å². The van der Waals surface area contributed by atoms with Crippen LogP contribution < -0.4 is 5.32 Å². The number of carboxylic acid groups (broad SMARTS) is 1. The van der Waals surface area contributed by atoms with Crippen molar-refractivity contribution in [1.29, 1.82) is 0 Å². The van der Waals surface area contributed by atoms with Crippen LogP contribution in [0.5, 0.6) is 0 Å². The molecule has 1 saturated heterocycles. The minimum Gasteiger partial charge on any atom is -0.480 e. The number of likely N-dealkylation sites (N-methyl/N-ethyl adjacent to an activating group) is 1. The standard InChI is InChI=1S/C21H33N3O4/c1-15-7-6-8-16(11-15)19(21(2,3)4)22-20(27)24-9-10-28-17(13-24)12-23(5)14-18(25)26/h6-8,11,17,19H,9-10,12-14H2,1-5H3,(H,22,27)(H,25,26). The van der Waals surface area contributed by atoms with Gasteiger partial charge in [-0.2, -0.15) is 0 Å². The third-order valence-electron chi connectivity index (χ3n) is 4.86. The van der Waals surface area contributed by atoms with Crippen LogP contribution in [-0.2, 0) is 9.53 Å². The van der Waals surface area contributed by atoms with E-state index in [-0.39, 0.29) is 30.1 Å². The zero-order chi connectivity index (χ0) is 20.9. The Labute approximate surface area is 167 Å². The van der Waals surface area contributed by atoms with Crippen LogP contribution in [0.15, 0.2) is 24.3 Å². The molecule has 0 aliphatic carbocycles. The first-order chi connectivity index (χ1) is 13.1. The van der Waals surface area contributed by atoms with Gasteiger partial charge in [-0.25, -0.2) is 4.79 Å². The van der Waals surface area contributed by atoms with Crippen LogP contribution in [0.25, 0.3) is 0 Å². The summed E-state index contributed by atoms with van der Waals surface area (Å²) in [6.45, 7) is 10.2. The molecule has 2 rings (SSSR count). The fourth-order valence-electron chi connectivity index (χ4n) is 3.52. The van der Waals surface area contributed by atoms with Crippen molar-refractivity contribution < 1.29 is 19.4 Å². The molecule has 0 radical (unpaired) electrons. The minimum atomic E-state index is -0.876. The van der Waals surface area contributed by atoms with Crippen molar-refractivity contribution in [2.24, 2.45) is 5.41 Å². The highest BCUT2D eigenvalue weighted by Gasteiger charge is 2.31. The Hall–Kier alpha value is -2.12. The molecule has 0 spiro atoms. The first kappa shape index (κ1) is 22.2. The predicted octanol–water partition coefficient (Wildman–Crippen LogP) is 2.51. The molecule has 0 bridgehead atoms. The molecule has 1 aromatic carbocycles.